The van der Waals surface area contributed by atoms with E-state index in [0.29, 0.717) is 11.3 Å². The van der Waals surface area contributed by atoms with Crippen molar-refractivity contribution in [3.05, 3.63) is 69.8 Å². The van der Waals surface area contributed by atoms with Gasteiger partial charge in [-0.2, -0.15) is 0 Å². The Hall–Kier alpha value is -3.55. The summed E-state index contributed by atoms with van der Waals surface area (Å²) < 4.78 is 0. The molecule has 2 aliphatic rings. The van der Waals surface area contributed by atoms with E-state index in [0.717, 1.165) is 10.5 Å². The van der Waals surface area contributed by atoms with Gasteiger partial charge in [0.2, 0.25) is 12.0 Å². The third-order valence-corrected chi connectivity index (χ3v) is 4.46. The van der Waals surface area contributed by atoms with Crippen LogP contribution >= 0.6 is 0 Å². The maximum atomic E-state index is 12.9. The van der Waals surface area contributed by atoms with Crippen LogP contribution in [0.4, 0.5) is 11.4 Å². The molecule has 2 aromatic carbocycles. The van der Waals surface area contributed by atoms with E-state index in [4.69, 9.17) is 4.84 Å². The molecule has 2 aliphatic heterocycles. The minimum Gasteiger partial charge on any atom is -0.381 e. The molecule has 0 N–H and O–H groups in total. The third-order valence-electron chi connectivity index (χ3n) is 4.46. The lowest BCUT2D eigenvalue weighted by molar-refractivity contribution is -0.384. The molecule has 26 heavy (non-hydrogen) atoms. The number of imide groups is 1. The number of aryl methyl sites for hydroxylation is 1. The van der Waals surface area contributed by atoms with Crippen molar-refractivity contribution in [1.82, 2.24) is 0 Å². The van der Waals surface area contributed by atoms with Crippen molar-refractivity contribution in [3.63, 3.8) is 0 Å². The molecular formula is C18H13N3O5. The second kappa shape index (κ2) is 5.76. The Labute approximate surface area is 147 Å². The molecule has 130 valence electrons. The maximum absolute atomic E-state index is 12.9. The average Bonchev–Trinajstić information content (AvgIpc) is 3.17. The second-order valence-electron chi connectivity index (χ2n) is 6.14. The van der Waals surface area contributed by atoms with E-state index in [-0.39, 0.29) is 11.4 Å². The van der Waals surface area contributed by atoms with Crippen molar-refractivity contribution in [2.45, 2.75) is 13.0 Å². The van der Waals surface area contributed by atoms with Crippen molar-refractivity contribution in [2.75, 3.05) is 4.90 Å². The summed E-state index contributed by atoms with van der Waals surface area (Å²) in [6, 6.07) is 12.8. The molecule has 0 bridgehead atoms. The number of hydrogen-bond acceptors (Lipinski definition) is 6. The molecule has 0 spiro atoms. The summed E-state index contributed by atoms with van der Waals surface area (Å²) in [6.45, 7) is 1.91. The summed E-state index contributed by atoms with van der Waals surface area (Å²) >= 11 is 0. The minimum absolute atomic E-state index is 0.124. The van der Waals surface area contributed by atoms with E-state index in [2.05, 4.69) is 5.16 Å². The summed E-state index contributed by atoms with van der Waals surface area (Å²) in [7, 11) is 0. The van der Waals surface area contributed by atoms with Crippen LogP contribution in [0.2, 0.25) is 0 Å². The number of oxime groups is 1. The highest BCUT2D eigenvalue weighted by Crippen LogP contribution is 2.35. The van der Waals surface area contributed by atoms with Gasteiger partial charge in [0.25, 0.3) is 11.6 Å². The zero-order chi connectivity index (χ0) is 18.4. The first kappa shape index (κ1) is 15.9. The predicted molar refractivity (Wildman–Crippen MR) is 91.7 cm³/mol. The maximum Gasteiger partial charge on any atom is 0.278 e. The number of non-ortho nitro benzene ring substituents is 1. The molecule has 8 nitrogen and oxygen atoms in total. The third kappa shape index (κ3) is 2.34. The fourth-order valence-electron chi connectivity index (χ4n) is 3.14. The van der Waals surface area contributed by atoms with Crippen LogP contribution in [0.25, 0.3) is 0 Å². The number of carbonyl (C=O) groups is 2. The van der Waals surface area contributed by atoms with Crippen molar-refractivity contribution >= 4 is 28.9 Å². The van der Waals surface area contributed by atoms with Crippen LogP contribution in [0.5, 0.6) is 0 Å². The van der Waals surface area contributed by atoms with Crippen LogP contribution < -0.4 is 4.90 Å². The van der Waals surface area contributed by atoms with Crippen LogP contribution in [-0.4, -0.2) is 28.6 Å². The first-order valence-corrected chi connectivity index (χ1v) is 7.90. The van der Waals surface area contributed by atoms with Gasteiger partial charge in [0.1, 0.15) is 11.6 Å². The van der Waals surface area contributed by atoms with Gasteiger partial charge in [-0.3, -0.25) is 19.7 Å². The molecule has 1 saturated heterocycles. The largest absolute Gasteiger partial charge is 0.381 e. The molecule has 2 aromatic rings. The SMILES string of the molecule is Cc1ccc(N2C(=O)[C@@H]3C(c4cccc([N+](=O)[O-])c4)=NO[C@H]3C2=O)cc1. The summed E-state index contributed by atoms with van der Waals surface area (Å²) in [5, 5.41) is 14.8. The van der Waals surface area contributed by atoms with Gasteiger partial charge in [-0.15, -0.1) is 0 Å². The van der Waals surface area contributed by atoms with Crippen LogP contribution in [-0.2, 0) is 14.4 Å². The molecule has 0 aliphatic carbocycles. The number of nitrogens with zero attached hydrogens (tertiary/aromatic N) is 3. The van der Waals surface area contributed by atoms with Gasteiger partial charge >= 0.3 is 0 Å². The number of hydrogen-bond donors (Lipinski definition) is 0. The molecule has 2 amide bonds. The van der Waals surface area contributed by atoms with E-state index in [1.54, 1.807) is 30.3 Å². The number of nitro groups is 1. The smallest absolute Gasteiger partial charge is 0.278 e. The predicted octanol–water partition coefficient (Wildman–Crippen LogP) is 2.20. The van der Waals surface area contributed by atoms with Crippen molar-refractivity contribution in [1.29, 1.82) is 0 Å². The normalized spacial score (nSPS) is 21.4. The molecule has 0 saturated carbocycles. The van der Waals surface area contributed by atoms with Crippen LogP contribution in [0.15, 0.2) is 53.7 Å². The molecule has 2 atom stereocenters. The van der Waals surface area contributed by atoms with Gasteiger partial charge in [-0.1, -0.05) is 35.0 Å². The molecule has 0 unspecified atom stereocenters. The minimum atomic E-state index is -1.04. The van der Waals surface area contributed by atoms with E-state index >= 15 is 0 Å². The number of carbonyl (C=O) groups excluding carboxylic acids is 2. The Bertz CT molecular complexity index is 967. The van der Waals surface area contributed by atoms with E-state index in [1.165, 1.54) is 18.2 Å². The fourth-order valence-corrected chi connectivity index (χ4v) is 3.14. The highest BCUT2D eigenvalue weighted by Gasteiger charge is 2.56. The van der Waals surface area contributed by atoms with Crippen molar-refractivity contribution in [2.24, 2.45) is 11.1 Å². The topological polar surface area (TPSA) is 102 Å². The van der Waals surface area contributed by atoms with E-state index < -0.39 is 28.8 Å². The van der Waals surface area contributed by atoms with E-state index in [1.807, 2.05) is 6.92 Å². The van der Waals surface area contributed by atoms with Gasteiger partial charge in [0, 0.05) is 17.7 Å². The zero-order valence-corrected chi connectivity index (χ0v) is 13.7. The van der Waals surface area contributed by atoms with Crippen LogP contribution in [0.1, 0.15) is 11.1 Å². The lowest BCUT2D eigenvalue weighted by Crippen LogP contribution is -2.33. The Morgan fingerprint density at radius 3 is 2.54 bits per heavy atom. The van der Waals surface area contributed by atoms with Crippen LogP contribution in [0.3, 0.4) is 0 Å². The number of benzene rings is 2. The molecular weight excluding hydrogens is 338 g/mol. The lowest BCUT2D eigenvalue weighted by atomic mass is 9.94. The Balaban J connectivity index is 1.70. The van der Waals surface area contributed by atoms with Crippen molar-refractivity contribution < 1.29 is 19.3 Å². The van der Waals surface area contributed by atoms with Crippen LogP contribution in [0, 0.1) is 23.0 Å². The quantitative estimate of drug-likeness (QED) is 0.479. The molecule has 1 fully saturated rings. The van der Waals surface area contributed by atoms with Gasteiger partial charge in [0.15, 0.2) is 0 Å². The van der Waals surface area contributed by atoms with Gasteiger partial charge in [-0.25, -0.2) is 4.90 Å². The summed E-state index contributed by atoms with van der Waals surface area (Å²) in [6.07, 6.45) is -1.04. The number of amides is 2. The molecule has 8 heteroatoms. The molecule has 0 radical (unpaired) electrons. The molecule has 0 aromatic heterocycles. The Morgan fingerprint density at radius 2 is 1.85 bits per heavy atom. The molecule has 4 rings (SSSR count). The first-order chi connectivity index (χ1) is 12.5. The number of rotatable bonds is 3. The Kier molecular flexibility index (Phi) is 3.54. The number of fused-ring (bicyclic) bond motifs is 1. The first-order valence-electron chi connectivity index (χ1n) is 7.90. The second-order valence-corrected chi connectivity index (χ2v) is 6.14. The number of anilines is 1. The Morgan fingerprint density at radius 1 is 1.12 bits per heavy atom. The van der Waals surface area contributed by atoms with Gasteiger partial charge in [-0.05, 0) is 19.1 Å². The standard InChI is InChI=1S/C18H13N3O5/c1-10-5-7-12(8-6-10)20-17(22)14-15(19-26-16(14)18(20)23)11-3-2-4-13(9-11)21(24)25/h2-9,14,16H,1H3/t14-,16-/m1/s1. The summed E-state index contributed by atoms with van der Waals surface area (Å²) in [5.41, 5.74) is 1.95. The van der Waals surface area contributed by atoms with Crippen molar-refractivity contribution in [3.8, 4) is 0 Å². The van der Waals surface area contributed by atoms with Gasteiger partial charge in [0.05, 0.1) is 10.6 Å². The number of nitro benzene ring substituents is 1. The molecule has 2 heterocycles. The lowest BCUT2D eigenvalue weighted by Gasteiger charge is -2.15. The highest BCUT2D eigenvalue weighted by atomic mass is 16.7. The zero-order valence-electron chi connectivity index (χ0n) is 13.7. The van der Waals surface area contributed by atoms with Gasteiger partial charge < -0.3 is 4.84 Å². The summed E-state index contributed by atoms with van der Waals surface area (Å²) in [5.74, 6) is -1.86. The fraction of sp³-hybridized carbons (Fsp3) is 0.167. The monoisotopic (exact) mass is 351 g/mol. The summed E-state index contributed by atoms with van der Waals surface area (Å²) in [4.78, 5) is 42.3. The highest BCUT2D eigenvalue weighted by molar-refractivity contribution is 6.32. The van der Waals surface area contributed by atoms with E-state index in [9.17, 15) is 19.7 Å². The average molecular weight is 351 g/mol.